The molecule has 8 heteroatoms. The summed E-state index contributed by atoms with van der Waals surface area (Å²) in [6.45, 7) is 0.757. The van der Waals surface area contributed by atoms with Crippen LogP contribution in [0, 0.1) is 5.92 Å². The highest BCUT2D eigenvalue weighted by molar-refractivity contribution is 7.92. The van der Waals surface area contributed by atoms with Gasteiger partial charge in [-0.2, -0.15) is 4.31 Å². The smallest absolute Gasteiger partial charge is 0.306 e. The summed E-state index contributed by atoms with van der Waals surface area (Å²) >= 11 is 0. The lowest BCUT2D eigenvalue weighted by atomic mass is 10.0. The second-order valence-electron chi connectivity index (χ2n) is 7.55. The Morgan fingerprint density at radius 2 is 1.69 bits per heavy atom. The molecule has 29 heavy (non-hydrogen) atoms. The quantitative estimate of drug-likeness (QED) is 0.632. The van der Waals surface area contributed by atoms with Crippen LogP contribution in [0.2, 0.25) is 0 Å². The van der Waals surface area contributed by atoms with Crippen molar-refractivity contribution in [3.63, 3.8) is 0 Å². The minimum atomic E-state index is -3.54. The lowest BCUT2D eigenvalue weighted by Crippen LogP contribution is -2.51. The molecule has 2 fully saturated rings. The Morgan fingerprint density at radius 1 is 1.03 bits per heavy atom. The van der Waals surface area contributed by atoms with Crippen LogP contribution in [0.3, 0.4) is 0 Å². The number of carbonyl (C=O) groups excluding carboxylic acids is 2. The topological polar surface area (TPSA) is 84.0 Å². The molecule has 0 aromatic heterocycles. The molecular formula is C21H28N2O5S. The Kier molecular flexibility index (Phi) is 7.44. The molecule has 1 aromatic rings. The van der Waals surface area contributed by atoms with Gasteiger partial charge in [0.15, 0.2) is 6.61 Å². The van der Waals surface area contributed by atoms with E-state index in [1.807, 2.05) is 30.3 Å². The summed E-state index contributed by atoms with van der Waals surface area (Å²) in [6, 6.07) is 9.22. The van der Waals surface area contributed by atoms with Crippen molar-refractivity contribution in [2.24, 2.45) is 5.92 Å². The van der Waals surface area contributed by atoms with Crippen LogP contribution in [0.1, 0.15) is 37.7 Å². The van der Waals surface area contributed by atoms with Crippen molar-refractivity contribution < 1.29 is 22.7 Å². The first-order valence-corrected chi connectivity index (χ1v) is 11.6. The van der Waals surface area contributed by atoms with Gasteiger partial charge in [-0.3, -0.25) is 9.59 Å². The number of hydrogen-bond acceptors (Lipinski definition) is 5. The second kappa shape index (κ2) is 10.0. The third kappa shape index (κ3) is 6.40. The fourth-order valence-electron chi connectivity index (χ4n) is 3.75. The maximum atomic E-state index is 12.5. The molecule has 0 bridgehead atoms. The van der Waals surface area contributed by atoms with Gasteiger partial charge in [-0.15, -0.1) is 0 Å². The molecule has 1 saturated carbocycles. The van der Waals surface area contributed by atoms with Crippen LogP contribution in [0.25, 0.3) is 6.08 Å². The summed E-state index contributed by atoms with van der Waals surface area (Å²) in [7, 11) is -3.54. The van der Waals surface area contributed by atoms with Crippen LogP contribution >= 0.6 is 0 Å². The first-order chi connectivity index (χ1) is 13.9. The van der Waals surface area contributed by atoms with Gasteiger partial charge >= 0.3 is 5.97 Å². The Morgan fingerprint density at radius 3 is 2.34 bits per heavy atom. The molecule has 1 heterocycles. The van der Waals surface area contributed by atoms with Crippen molar-refractivity contribution in [2.75, 3.05) is 32.8 Å². The largest absolute Gasteiger partial charge is 0.456 e. The molecule has 0 radical (unpaired) electrons. The van der Waals surface area contributed by atoms with E-state index in [1.54, 1.807) is 11.0 Å². The number of amides is 1. The van der Waals surface area contributed by atoms with Crippen LogP contribution < -0.4 is 0 Å². The molecule has 1 saturated heterocycles. The highest BCUT2D eigenvalue weighted by Crippen LogP contribution is 2.27. The highest BCUT2D eigenvalue weighted by Gasteiger charge is 2.28. The Labute approximate surface area is 172 Å². The van der Waals surface area contributed by atoms with E-state index in [2.05, 4.69) is 0 Å². The Bertz CT molecular complexity index is 824. The summed E-state index contributed by atoms with van der Waals surface area (Å²) < 4.78 is 31.5. The number of hydrogen-bond donors (Lipinski definition) is 0. The summed E-state index contributed by atoms with van der Waals surface area (Å²) in [5.41, 5.74) is 0.810. The zero-order chi connectivity index (χ0) is 20.7. The number of carbonyl (C=O) groups is 2. The zero-order valence-corrected chi connectivity index (χ0v) is 17.4. The first kappa shape index (κ1) is 21.5. The highest BCUT2D eigenvalue weighted by atomic mass is 32.2. The molecule has 3 rings (SSSR count). The molecule has 1 aromatic carbocycles. The predicted molar refractivity (Wildman–Crippen MR) is 110 cm³/mol. The van der Waals surface area contributed by atoms with Crippen molar-refractivity contribution in [2.45, 2.75) is 32.1 Å². The predicted octanol–water partition coefficient (Wildman–Crippen LogP) is 2.25. The van der Waals surface area contributed by atoms with Crippen LogP contribution in [0.15, 0.2) is 35.7 Å². The fourth-order valence-corrected chi connectivity index (χ4v) is 4.92. The minimum absolute atomic E-state index is 0.225. The Balaban J connectivity index is 1.42. The molecule has 158 valence electrons. The van der Waals surface area contributed by atoms with Crippen molar-refractivity contribution in [3.05, 3.63) is 41.3 Å². The van der Waals surface area contributed by atoms with Crippen molar-refractivity contribution >= 4 is 28.0 Å². The van der Waals surface area contributed by atoms with Gasteiger partial charge in [0.25, 0.3) is 5.91 Å². The fraction of sp³-hybridized carbons (Fsp3) is 0.524. The zero-order valence-electron chi connectivity index (χ0n) is 16.5. The summed E-state index contributed by atoms with van der Waals surface area (Å²) in [5, 5.41) is 1.20. The molecule has 1 amide bonds. The average molecular weight is 421 g/mol. The van der Waals surface area contributed by atoms with Gasteiger partial charge in [0.2, 0.25) is 10.0 Å². The minimum Gasteiger partial charge on any atom is -0.456 e. The number of sulfonamides is 1. The van der Waals surface area contributed by atoms with Gasteiger partial charge in [0.1, 0.15) is 0 Å². The number of ether oxygens (including phenoxy) is 1. The van der Waals surface area contributed by atoms with E-state index in [1.165, 1.54) is 9.71 Å². The van der Waals surface area contributed by atoms with Crippen molar-refractivity contribution in [3.8, 4) is 0 Å². The molecule has 0 N–H and O–H groups in total. The van der Waals surface area contributed by atoms with Crippen LogP contribution in [-0.2, 0) is 24.3 Å². The van der Waals surface area contributed by atoms with Gasteiger partial charge in [-0.25, -0.2) is 8.42 Å². The molecule has 2 aliphatic rings. The monoisotopic (exact) mass is 420 g/mol. The van der Waals surface area contributed by atoms with E-state index in [4.69, 9.17) is 4.74 Å². The van der Waals surface area contributed by atoms with Crippen LogP contribution in [-0.4, -0.2) is 62.3 Å². The van der Waals surface area contributed by atoms with Crippen LogP contribution in [0.4, 0.5) is 0 Å². The molecule has 7 nitrogen and oxygen atoms in total. The third-order valence-electron chi connectivity index (χ3n) is 5.47. The van der Waals surface area contributed by atoms with Crippen molar-refractivity contribution in [1.82, 2.24) is 9.21 Å². The van der Waals surface area contributed by atoms with Gasteiger partial charge < -0.3 is 9.64 Å². The van der Waals surface area contributed by atoms with Gasteiger partial charge in [-0.1, -0.05) is 43.2 Å². The van der Waals surface area contributed by atoms with E-state index in [0.717, 1.165) is 31.2 Å². The Hall–Kier alpha value is -2.19. The van der Waals surface area contributed by atoms with Crippen molar-refractivity contribution in [1.29, 1.82) is 0 Å². The van der Waals surface area contributed by atoms with E-state index >= 15 is 0 Å². The van der Waals surface area contributed by atoms with E-state index in [0.29, 0.717) is 12.3 Å². The first-order valence-electron chi connectivity index (χ1n) is 10.1. The molecule has 0 atom stereocenters. The third-order valence-corrected chi connectivity index (χ3v) is 7.03. The normalized spacial score (nSPS) is 19.0. The number of nitrogens with zero attached hydrogens (tertiary/aromatic N) is 2. The van der Waals surface area contributed by atoms with E-state index in [-0.39, 0.29) is 44.7 Å². The molecule has 1 aliphatic carbocycles. The van der Waals surface area contributed by atoms with Crippen LogP contribution in [0.5, 0.6) is 0 Å². The number of esters is 1. The molecule has 1 aliphatic heterocycles. The number of benzene rings is 1. The SMILES string of the molecule is O=C(CC1CCCC1)OCC(=O)N1CCN(S(=O)(=O)/C=C/c2ccccc2)CC1. The number of piperazine rings is 1. The van der Waals surface area contributed by atoms with E-state index < -0.39 is 10.0 Å². The van der Waals surface area contributed by atoms with Gasteiger partial charge in [0, 0.05) is 38.0 Å². The standard InChI is InChI=1S/C21H28N2O5S/c24-20(17-28-21(25)16-19-8-4-5-9-19)22-11-13-23(14-12-22)29(26,27)15-10-18-6-2-1-3-7-18/h1-3,6-7,10,15,19H,4-5,8-9,11-14,16-17H2/b15-10+. The average Bonchev–Trinajstić information content (AvgIpc) is 3.24. The maximum Gasteiger partial charge on any atom is 0.306 e. The second-order valence-corrected chi connectivity index (χ2v) is 9.37. The van der Waals surface area contributed by atoms with E-state index in [9.17, 15) is 18.0 Å². The summed E-state index contributed by atoms with van der Waals surface area (Å²) in [5.74, 6) is -0.213. The molecule has 0 unspecified atom stereocenters. The summed E-state index contributed by atoms with van der Waals surface area (Å²) in [6.07, 6.45) is 6.37. The van der Waals surface area contributed by atoms with Gasteiger partial charge in [-0.05, 0) is 30.4 Å². The lowest BCUT2D eigenvalue weighted by Gasteiger charge is -2.33. The lowest BCUT2D eigenvalue weighted by molar-refractivity contribution is -0.153. The molecular weight excluding hydrogens is 392 g/mol. The maximum absolute atomic E-state index is 12.5. The van der Waals surface area contributed by atoms with Gasteiger partial charge in [0.05, 0.1) is 0 Å². The number of rotatable bonds is 7. The molecule has 0 spiro atoms. The summed E-state index contributed by atoms with van der Waals surface area (Å²) in [4.78, 5) is 25.7.